The van der Waals surface area contributed by atoms with Gasteiger partial charge in [0, 0.05) is 6.92 Å². The lowest BCUT2D eigenvalue weighted by molar-refractivity contribution is -0.143. The standard InChI is InChI=1S/C26H41ClO2/c1-17(8-13-24(27)29-18(2)28)21-11-12-22-20-10-9-19-7-5-6-15-25(19,3)23(20)14-16-26(21,22)4/h9,17,20-24H,5-8,10-16H2,1-4H3/t17-,20+,21-,22+,23+,24?,25+,26-/m1/s1. The van der Waals surface area contributed by atoms with Gasteiger partial charge in [-0.05, 0) is 105 Å². The van der Waals surface area contributed by atoms with Gasteiger partial charge >= 0.3 is 5.97 Å². The van der Waals surface area contributed by atoms with Crippen LogP contribution in [0.5, 0.6) is 0 Å². The summed E-state index contributed by atoms with van der Waals surface area (Å²) in [6.07, 6.45) is 17.1. The summed E-state index contributed by atoms with van der Waals surface area (Å²) in [4.78, 5) is 11.1. The van der Waals surface area contributed by atoms with Crippen molar-refractivity contribution in [3.63, 3.8) is 0 Å². The Hall–Kier alpha value is -0.500. The summed E-state index contributed by atoms with van der Waals surface area (Å²) in [6, 6.07) is 0. The molecule has 4 aliphatic rings. The number of alkyl halides is 1. The molecule has 0 N–H and O–H groups in total. The van der Waals surface area contributed by atoms with Crippen molar-refractivity contribution in [3.05, 3.63) is 11.6 Å². The number of hydrogen-bond acceptors (Lipinski definition) is 2. The minimum Gasteiger partial charge on any atom is -0.446 e. The topological polar surface area (TPSA) is 26.3 Å². The summed E-state index contributed by atoms with van der Waals surface area (Å²) in [5.74, 6) is 3.89. The van der Waals surface area contributed by atoms with E-state index in [9.17, 15) is 4.79 Å². The van der Waals surface area contributed by atoms with E-state index in [1.165, 1.54) is 64.7 Å². The molecule has 0 saturated heterocycles. The number of halogens is 1. The van der Waals surface area contributed by atoms with Crippen LogP contribution in [0.1, 0.15) is 98.3 Å². The lowest BCUT2D eigenvalue weighted by Gasteiger charge is -2.58. The van der Waals surface area contributed by atoms with Gasteiger partial charge in [-0.15, -0.1) is 0 Å². The van der Waals surface area contributed by atoms with Gasteiger partial charge in [-0.1, -0.05) is 50.4 Å². The van der Waals surface area contributed by atoms with Gasteiger partial charge in [0.25, 0.3) is 0 Å². The zero-order chi connectivity index (χ0) is 20.8. The first-order valence-electron chi connectivity index (χ1n) is 12.3. The van der Waals surface area contributed by atoms with Crippen LogP contribution >= 0.6 is 11.6 Å². The summed E-state index contributed by atoms with van der Waals surface area (Å²) in [5.41, 5.74) is 2.33. The van der Waals surface area contributed by atoms with Crippen molar-refractivity contribution in [2.75, 3.05) is 0 Å². The van der Waals surface area contributed by atoms with Crippen molar-refractivity contribution in [3.8, 4) is 0 Å². The largest absolute Gasteiger partial charge is 0.446 e. The van der Waals surface area contributed by atoms with Gasteiger partial charge in [0.1, 0.15) is 0 Å². The second kappa shape index (κ2) is 8.21. The number of ether oxygens (including phenoxy) is 1. The highest BCUT2D eigenvalue weighted by Gasteiger charge is 2.58. The minimum absolute atomic E-state index is 0.273. The predicted molar refractivity (Wildman–Crippen MR) is 120 cm³/mol. The fourth-order valence-electron chi connectivity index (χ4n) is 8.51. The Morgan fingerprint density at radius 2 is 1.97 bits per heavy atom. The molecular formula is C26H41ClO2. The van der Waals surface area contributed by atoms with E-state index in [2.05, 4.69) is 26.8 Å². The van der Waals surface area contributed by atoms with E-state index in [1.807, 2.05) is 5.57 Å². The molecule has 0 amide bonds. The maximum atomic E-state index is 11.1. The Labute approximate surface area is 183 Å². The molecule has 3 saturated carbocycles. The first-order valence-corrected chi connectivity index (χ1v) is 12.7. The number of carbonyl (C=O) groups excluding carboxylic acids is 1. The third-order valence-corrected chi connectivity index (χ3v) is 10.2. The first kappa shape index (κ1) is 21.7. The number of fused-ring (bicyclic) bond motifs is 5. The molecule has 3 heteroatoms. The van der Waals surface area contributed by atoms with Crippen LogP contribution in [0.3, 0.4) is 0 Å². The number of hydrogen-bond donors (Lipinski definition) is 0. The van der Waals surface area contributed by atoms with Crippen molar-refractivity contribution in [1.29, 1.82) is 0 Å². The fraction of sp³-hybridized carbons (Fsp3) is 0.885. The zero-order valence-electron chi connectivity index (χ0n) is 19.0. The van der Waals surface area contributed by atoms with Crippen LogP contribution in [0.4, 0.5) is 0 Å². The Kier molecular flexibility index (Phi) is 6.15. The van der Waals surface area contributed by atoms with Crippen molar-refractivity contribution >= 4 is 17.6 Å². The molecule has 4 aliphatic carbocycles. The molecule has 0 aromatic heterocycles. The Morgan fingerprint density at radius 1 is 1.17 bits per heavy atom. The van der Waals surface area contributed by atoms with Crippen LogP contribution in [0.25, 0.3) is 0 Å². The third kappa shape index (κ3) is 3.81. The molecule has 0 aliphatic heterocycles. The lowest BCUT2D eigenvalue weighted by atomic mass is 9.47. The number of esters is 1. The number of rotatable bonds is 5. The first-order chi connectivity index (χ1) is 13.8. The number of allylic oxidation sites excluding steroid dienone is 2. The van der Waals surface area contributed by atoms with Crippen molar-refractivity contribution in [2.45, 2.75) is 104 Å². The van der Waals surface area contributed by atoms with E-state index in [1.54, 1.807) is 0 Å². The zero-order valence-corrected chi connectivity index (χ0v) is 19.8. The van der Waals surface area contributed by atoms with E-state index in [0.29, 0.717) is 16.7 Å². The van der Waals surface area contributed by atoms with E-state index in [4.69, 9.17) is 16.3 Å². The van der Waals surface area contributed by atoms with Gasteiger partial charge in [0.2, 0.25) is 0 Å². The number of carbonyl (C=O) groups is 1. The predicted octanol–water partition coefficient (Wildman–Crippen LogP) is 7.50. The van der Waals surface area contributed by atoms with Gasteiger partial charge in [0.15, 0.2) is 5.56 Å². The Morgan fingerprint density at radius 3 is 2.72 bits per heavy atom. The van der Waals surface area contributed by atoms with Crippen molar-refractivity contribution in [2.24, 2.45) is 40.4 Å². The van der Waals surface area contributed by atoms with Crippen LogP contribution in [-0.4, -0.2) is 11.5 Å². The van der Waals surface area contributed by atoms with Gasteiger partial charge in [-0.2, -0.15) is 0 Å². The fourth-order valence-corrected chi connectivity index (χ4v) is 8.76. The maximum Gasteiger partial charge on any atom is 0.304 e. The lowest BCUT2D eigenvalue weighted by Crippen LogP contribution is -2.50. The molecule has 29 heavy (non-hydrogen) atoms. The van der Waals surface area contributed by atoms with Gasteiger partial charge < -0.3 is 4.74 Å². The summed E-state index contributed by atoms with van der Waals surface area (Å²) in [6.45, 7) is 9.09. The molecule has 2 nitrogen and oxygen atoms in total. The van der Waals surface area contributed by atoms with Gasteiger partial charge in [0.05, 0.1) is 0 Å². The second-order valence-electron chi connectivity index (χ2n) is 11.3. The average Bonchev–Trinajstić information content (AvgIpc) is 3.02. The molecule has 164 valence electrons. The smallest absolute Gasteiger partial charge is 0.304 e. The average molecular weight is 421 g/mol. The van der Waals surface area contributed by atoms with E-state index >= 15 is 0 Å². The van der Waals surface area contributed by atoms with E-state index < -0.39 is 5.56 Å². The molecule has 8 atom stereocenters. The van der Waals surface area contributed by atoms with Crippen LogP contribution < -0.4 is 0 Å². The monoisotopic (exact) mass is 420 g/mol. The molecular weight excluding hydrogens is 380 g/mol. The molecule has 0 aromatic rings. The molecule has 3 fully saturated rings. The van der Waals surface area contributed by atoms with Crippen LogP contribution in [0.2, 0.25) is 0 Å². The Balaban J connectivity index is 1.45. The van der Waals surface area contributed by atoms with Crippen molar-refractivity contribution in [1.82, 2.24) is 0 Å². The summed E-state index contributed by atoms with van der Waals surface area (Å²) in [7, 11) is 0. The maximum absolute atomic E-state index is 11.1. The summed E-state index contributed by atoms with van der Waals surface area (Å²) in [5, 5.41) is 0. The molecule has 0 spiro atoms. The highest BCUT2D eigenvalue weighted by molar-refractivity contribution is 6.20. The Bertz CT molecular complexity index is 657. The normalized spacial score (nSPS) is 43.4. The quantitative estimate of drug-likeness (QED) is 0.261. The SMILES string of the molecule is CC(=O)OC(Cl)CC[C@@H](C)[C@H]1CC[C@H]2[C@@H]3CC=C4CCCC[C@]4(C)[C@H]3CC[C@]12C. The van der Waals surface area contributed by atoms with E-state index in [0.717, 1.165) is 36.5 Å². The summed E-state index contributed by atoms with van der Waals surface area (Å²) >= 11 is 6.22. The third-order valence-electron chi connectivity index (χ3n) is 9.92. The molecule has 0 aromatic carbocycles. The van der Waals surface area contributed by atoms with Crippen LogP contribution in [-0.2, 0) is 9.53 Å². The second-order valence-corrected chi connectivity index (χ2v) is 11.8. The molecule has 0 bridgehead atoms. The van der Waals surface area contributed by atoms with Crippen LogP contribution in [0.15, 0.2) is 11.6 Å². The van der Waals surface area contributed by atoms with E-state index in [-0.39, 0.29) is 5.97 Å². The van der Waals surface area contributed by atoms with Gasteiger partial charge in [-0.25, -0.2) is 0 Å². The molecule has 1 unspecified atom stereocenters. The highest BCUT2D eigenvalue weighted by atomic mass is 35.5. The van der Waals surface area contributed by atoms with Crippen LogP contribution in [0, 0.1) is 40.4 Å². The van der Waals surface area contributed by atoms with Crippen molar-refractivity contribution < 1.29 is 9.53 Å². The van der Waals surface area contributed by atoms with Gasteiger partial charge in [-0.3, -0.25) is 4.79 Å². The molecule has 0 radical (unpaired) electrons. The summed E-state index contributed by atoms with van der Waals surface area (Å²) < 4.78 is 5.15. The molecule has 4 rings (SSSR count). The minimum atomic E-state index is -0.469. The molecule has 0 heterocycles. The highest BCUT2D eigenvalue weighted by Crippen LogP contribution is 2.67.